The van der Waals surface area contributed by atoms with E-state index >= 15 is 0 Å². The van der Waals surface area contributed by atoms with Gasteiger partial charge in [0.15, 0.2) is 11.5 Å². The van der Waals surface area contributed by atoms with E-state index in [-0.39, 0.29) is 5.95 Å². The Morgan fingerprint density at radius 3 is 2.71 bits per heavy atom. The number of fused-ring (bicyclic) bond motifs is 1. The van der Waals surface area contributed by atoms with Crippen molar-refractivity contribution in [1.29, 1.82) is 5.26 Å². The first-order chi connectivity index (χ1) is 10.2. The number of hydrogen-bond donors (Lipinski definition) is 1. The molecule has 6 nitrogen and oxygen atoms in total. The smallest absolute Gasteiger partial charge is 0.221 e. The number of benzene rings is 1. The average Bonchev–Trinajstić information content (AvgIpc) is 2.53. The maximum Gasteiger partial charge on any atom is 0.221 e. The molecule has 0 bridgehead atoms. The maximum absolute atomic E-state index is 9.38. The van der Waals surface area contributed by atoms with Crippen molar-refractivity contribution >= 4 is 17.7 Å². The lowest BCUT2D eigenvalue weighted by atomic mass is 10.1. The van der Waals surface area contributed by atoms with E-state index in [9.17, 15) is 5.26 Å². The molecule has 106 valence electrons. The van der Waals surface area contributed by atoms with Gasteiger partial charge in [-0.2, -0.15) is 5.26 Å². The number of nitriles is 1. The fourth-order valence-corrected chi connectivity index (χ4v) is 2.64. The monoisotopic (exact) mass is 300 g/mol. The molecule has 0 saturated heterocycles. The van der Waals surface area contributed by atoms with Crippen molar-refractivity contribution in [3.63, 3.8) is 0 Å². The second-order valence-corrected chi connectivity index (χ2v) is 5.08. The van der Waals surface area contributed by atoms with Crippen LogP contribution in [0.25, 0.3) is 11.3 Å². The molecular formula is C14H12N4O2S. The van der Waals surface area contributed by atoms with Gasteiger partial charge in [0.1, 0.15) is 29.9 Å². The van der Waals surface area contributed by atoms with Crippen LogP contribution in [0.15, 0.2) is 23.2 Å². The van der Waals surface area contributed by atoms with Crippen molar-refractivity contribution in [1.82, 2.24) is 9.97 Å². The molecule has 7 heteroatoms. The Morgan fingerprint density at radius 1 is 1.24 bits per heavy atom. The lowest BCUT2D eigenvalue weighted by Crippen LogP contribution is -2.15. The SMILES string of the molecule is CSc1nc(N)nc(-c2ccc3c(c2)OCCO3)c1C#N. The highest BCUT2D eigenvalue weighted by Gasteiger charge is 2.18. The summed E-state index contributed by atoms with van der Waals surface area (Å²) in [6.07, 6.45) is 1.84. The molecule has 0 unspecified atom stereocenters. The summed E-state index contributed by atoms with van der Waals surface area (Å²) < 4.78 is 11.0. The quantitative estimate of drug-likeness (QED) is 0.670. The Kier molecular flexibility index (Phi) is 3.54. The summed E-state index contributed by atoms with van der Waals surface area (Å²) in [5.74, 6) is 1.48. The number of hydrogen-bond acceptors (Lipinski definition) is 7. The van der Waals surface area contributed by atoms with Crippen molar-refractivity contribution in [2.45, 2.75) is 5.03 Å². The van der Waals surface area contributed by atoms with Crippen LogP contribution in [0, 0.1) is 11.3 Å². The molecule has 1 aliphatic rings. The van der Waals surface area contributed by atoms with Crippen LogP contribution in [-0.4, -0.2) is 29.4 Å². The summed E-state index contributed by atoms with van der Waals surface area (Å²) in [4.78, 5) is 8.29. The van der Waals surface area contributed by atoms with E-state index in [1.807, 2.05) is 18.4 Å². The molecule has 0 fully saturated rings. The van der Waals surface area contributed by atoms with Crippen molar-refractivity contribution in [3.8, 4) is 28.8 Å². The normalized spacial score (nSPS) is 12.8. The topological polar surface area (TPSA) is 94.1 Å². The van der Waals surface area contributed by atoms with Crippen LogP contribution >= 0.6 is 11.8 Å². The van der Waals surface area contributed by atoms with Crippen molar-refractivity contribution < 1.29 is 9.47 Å². The zero-order valence-corrected chi connectivity index (χ0v) is 12.1. The van der Waals surface area contributed by atoms with Gasteiger partial charge < -0.3 is 15.2 Å². The molecule has 1 aliphatic heterocycles. The van der Waals surface area contributed by atoms with E-state index in [0.717, 1.165) is 5.56 Å². The highest BCUT2D eigenvalue weighted by atomic mass is 32.2. The van der Waals surface area contributed by atoms with Crippen LogP contribution in [-0.2, 0) is 0 Å². The minimum absolute atomic E-state index is 0.142. The lowest BCUT2D eigenvalue weighted by Gasteiger charge is -2.19. The largest absolute Gasteiger partial charge is 0.486 e. The Bertz CT molecular complexity index is 742. The fraction of sp³-hybridized carbons (Fsp3) is 0.214. The second-order valence-electron chi connectivity index (χ2n) is 4.28. The van der Waals surface area contributed by atoms with Crippen molar-refractivity contribution in [3.05, 3.63) is 23.8 Å². The van der Waals surface area contributed by atoms with Gasteiger partial charge in [-0.15, -0.1) is 11.8 Å². The van der Waals surface area contributed by atoms with Crippen LogP contribution in [0.1, 0.15) is 5.56 Å². The van der Waals surface area contributed by atoms with Gasteiger partial charge in [-0.05, 0) is 24.5 Å². The van der Waals surface area contributed by atoms with Gasteiger partial charge >= 0.3 is 0 Å². The Hall–Kier alpha value is -2.46. The minimum atomic E-state index is 0.142. The van der Waals surface area contributed by atoms with Crippen LogP contribution in [0.5, 0.6) is 11.5 Å². The molecule has 0 saturated carbocycles. The summed E-state index contributed by atoms with van der Waals surface area (Å²) in [6.45, 7) is 1.04. The first-order valence-corrected chi connectivity index (χ1v) is 7.47. The molecule has 0 spiro atoms. The first kappa shape index (κ1) is 13.5. The highest BCUT2D eigenvalue weighted by molar-refractivity contribution is 7.98. The number of anilines is 1. The summed E-state index contributed by atoms with van der Waals surface area (Å²) >= 11 is 1.36. The number of rotatable bonds is 2. The molecule has 2 N–H and O–H groups in total. The van der Waals surface area contributed by atoms with Crippen LogP contribution in [0.2, 0.25) is 0 Å². The third-order valence-corrected chi connectivity index (χ3v) is 3.70. The Balaban J connectivity index is 2.16. The van der Waals surface area contributed by atoms with E-state index in [1.165, 1.54) is 11.8 Å². The van der Waals surface area contributed by atoms with Gasteiger partial charge in [0.25, 0.3) is 0 Å². The third kappa shape index (κ3) is 2.45. The molecule has 1 aromatic heterocycles. The predicted octanol–water partition coefficient (Wildman–Crippen LogP) is 2.09. The Morgan fingerprint density at radius 2 is 2.00 bits per heavy atom. The molecular weight excluding hydrogens is 288 g/mol. The maximum atomic E-state index is 9.38. The minimum Gasteiger partial charge on any atom is -0.486 e. The lowest BCUT2D eigenvalue weighted by molar-refractivity contribution is 0.171. The number of nitrogen functional groups attached to an aromatic ring is 1. The number of nitrogens with zero attached hydrogens (tertiary/aromatic N) is 3. The standard InChI is InChI=1S/C14H12N4O2S/c1-21-13-9(7-15)12(17-14(16)18-13)8-2-3-10-11(6-8)20-5-4-19-10/h2-3,6H,4-5H2,1H3,(H2,16,17,18). The van der Waals surface area contributed by atoms with Crippen LogP contribution < -0.4 is 15.2 Å². The molecule has 3 rings (SSSR count). The van der Waals surface area contributed by atoms with Gasteiger partial charge in [-0.25, -0.2) is 9.97 Å². The summed E-state index contributed by atoms with van der Waals surface area (Å²) in [6, 6.07) is 7.60. The molecule has 21 heavy (non-hydrogen) atoms. The molecule has 0 aliphatic carbocycles. The number of thioether (sulfide) groups is 1. The number of nitrogens with two attached hydrogens (primary N) is 1. The van der Waals surface area contributed by atoms with Crippen molar-refractivity contribution in [2.24, 2.45) is 0 Å². The molecule has 1 aromatic carbocycles. The third-order valence-electron chi connectivity index (χ3n) is 3.01. The molecule has 0 radical (unpaired) electrons. The van der Waals surface area contributed by atoms with Crippen LogP contribution in [0.4, 0.5) is 5.95 Å². The number of ether oxygens (including phenoxy) is 2. The predicted molar refractivity (Wildman–Crippen MR) is 79.4 cm³/mol. The van der Waals surface area contributed by atoms with E-state index in [2.05, 4.69) is 16.0 Å². The zero-order chi connectivity index (χ0) is 14.8. The Labute approximate surface area is 125 Å². The summed E-state index contributed by atoms with van der Waals surface area (Å²) in [5, 5.41) is 9.95. The average molecular weight is 300 g/mol. The molecule has 2 aromatic rings. The number of aromatic nitrogens is 2. The first-order valence-electron chi connectivity index (χ1n) is 6.24. The molecule has 0 amide bonds. The van der Waals surface area contributed by atoms with Gasteiger partial charge in [-0.1, -0.05) is 0 Å². The molecule has 2 heterocycles. The molecule has 0 atom stereocenters. The highest BCUT2D eigenvalue weighted by Crippen LogP contribution is 2.36. The van der Waals surface area contributed by atoms with Crippen molar-refractivity contribution in [2.75, 3.05) is 25.2 Å². The van der Waals surface area contributed by atoms with Gasteiger partial charge in [0, 0.05) is 5.56 Å². The van der Waals surface area contributed by atoms with E-state index in [4.69, 9.17) is 15.2 Å². The second kappa shape index (κ2) is 5.50. The summed E-state index contributed by atoms with van der Waals surface area (Å²) in [5.41, 5.74) is 7.40. The summed E-state index contributed by atoms with van der Waals surface area (Å²) in [7, 11) is 0. The van der Waals surface area contributed by atoms with E-state index in [1.54, 1.807) is 6.07 Å². The van der Waals surface area contributed by atoms with Gasteiger partial charge in [0.05, 0.1) is 5.69 Å². The van der Waals surface area contributed by atoms with Gasteiger partial charge in [0.2, 0.25) is 5.95 Å². The zero-order valence-electron chi connectivity index (χ0n) is 11.3. The van der Waals surface area contributed by atoms with Gasteiger partial charge in [-0.3, -0.25) is 0 Å². The van der Waals surface area contributed by atoms with E-state index < -0.39 is 0 Å². The van der Waals surface area contributed by atoms with E-state index in [0.29, 0.717) is 41.0 Å². The fourth-order valence-electron chi connectivity index (χ4n) is 2.10. The van der Waals surface area contributed by atoms with Crippen LogP contribution in [0.3, 0.4) is 0 Å².